The van der Waals surface area contributed by atoms with Gasteiger partial charge < -0.3 is 0 Å². The SMILES string of the molecule is CCCCCCn1c(SCc2cc(=O)n3[nH]cc(C#N)c3n2)nc2ccccc2c1=O. The molecule has 0 unspecified atom stereocenters. The number of H-pyrrole nitrogens is 1. The van der Waals surface area contributed by atoms with Gasteiger partial charge in [0.25, 0.3) is 11.1 Å². The van der Waals surface area contributed by atoms with E-state index in [1.54, 1.807) is 10.6 Å². The van der Waals surface area contributed by atoms with E-state index in [-0.39, 0.29) is 11.1 Å². The zero-order chi connectivity index (χ0) is 21.8. The van der Waals surface area contributed by atoms with Crippen LogP contribution in [0.15, 0.2) is 51.3 Å². The molecule has 0 aliphatic heterocycles. The van der Waals surface area contributed by atoms with E-state index >= 15 is 0 Å². The molecule has 0 saturated carbocycles. The molecule has 31 heavy (non-hydrogen) atoms. The van der Waals surface area contributed by atoms with E-state index in [2.05, 4.69) is 17.0 Å². The number of nitrogens with zero attached hydrogens (tertiary/aromatic N) is 5. The van der Waals surface area contributed by atoms with Gasteiger partial charge in [-0.2, -0.15) is 5.26 Å². The van der Waals surface area contributed by atoms with Crippen LogP contribution < -0.4 is 11.1 Å². The Morgan fingerprint density at radius 1 is 1.16 bits per heavy atom. The number of rotatable bonds is 8. The largest absolute Gasteiger partial charge is 0.295 e. The second-order valence-corrected chi connectivity index (χ2v) is 8.20. The molecule has 1 aromatic carbocycles. The summed E-state index contributed by atoms with van der Waals surface area (Å²) in [5.74, 6) is 0.363. The summed E-state index contributed by atoms with van der Waals surface area (Å²) in [6.45, 7) is 2.75. The third-order valence-electron chi connectivity index (χ3n) is 5.08. The van der Waals surface area contributed by atoms with Gasteiger partial charge in [0.2, 0.25) is 0 Å². The van der Waals surface area contributed by atoms with Gasteiger partial charge in [0.1, 0.15) is 11.6 Å². The number of fused-ring (bicyclic) bond motifs is 2. The molecular formula is C22H22N6O2S. The lowest BCUT2D eigenvalue weighted by atomic mass is 10.2. The van der Waals surface area contributed by atoms with Crippen LogP contribution in [0.2, 0.25) is 0 Å². The van der Waals surface area contributed by atoms with Gasteiger partial charge >= 0.3 is 0 Å². The van der Waals surface area contributed by atoms with Crippen molar-refractivity contribution in [1.82, 2.24) is 24.1 Å². The highest BCUT2D eigenvalue weighted by atomic mass is 32.2. The summed E-state index contributed by atoms with van der Waals surface area (Å²) in [4.78, 5) is 34.6. The van der Waals surface area contributed by atoms with Gasteiger partial charge in [-0.1, -0.05) is 50.1 Å². The molecule has 0 radical (unpaired) electrons. The Kier molecular flexibility index (Phi) is 6.18. The first kappa shape index (κ1) is 20.9. The van der Waals surface area contributed by atoms with E-state index in [1.165, 1.54) is 28.5 Å². The fourth-order valence-electron chi connectivity index (χ4n) is 3.48. The van der Waals surface area contributed by atoms with Crippen molar-refractivity contribution in [3.8, 4) is 6.07 Å². The van der Waals surface area contributed by atoms with Gasteiger partial charge in [-0.05, 0) is 18.6 Å². The van der Waals surface area contributed by atoms with Crippen molar-refractivity contribution >= 4 is 28.3 Å². The third kappa shape index (κ3) is 4.25. The number of benzene rings is 1. The van der Waals surface area contributed by atoms with Crippen molar-refractivity contribution in [1.29, 1.82) is 5.26 Å². The average molecular weight is 435 g/mol. The zero-order valence-corrected chi connectivity index (χ0v) is 18.0. The predicted molar refractivity (Wildman–Crippen MR) is 120 cm³/mol. The summed E-state index contributed by atoms with van der Waals surface area (Å²) in [7, 11) is 0. The second kappa shape index (κ2) is 9.18. The number of nitriles is 1. The van der Waals surface area contributed by atoms with Crippen LogP contribution in [0.3, 0.4) is 0 Å². The molecule has 0 fully saturated rings. The summed E-state index contributed by atoms with van der Waals surface area (Å²) in [5.41, 5.74) is 1.46. The average Bonchev–Trinajstić information content (AvgIpc) is 3.20. The molecule has 0 spiro atoms. The van der Waals surface area contributed by atoms with Crippen LogP contribution in [-0.4, -0.2) is 24.1 Å². The lowest BCUT2D eigenvalue weighted by Crippen LogP contribution is -2.23. The monoisotopic (exact) mass is 434 g/mol. The minimum absolute atomic E-state index is 0.0505. The lowest BCUT2D eigenvalue weighted by Gasteiger charge is -2.13. The Labute approximate surface area is 182 Å². The maximum Gasteiger partial charge on any atom is 0.272 e. The summed E-state index contributed by atoms with van der Waals surface area (Å²) in [5, 5.41) is 13.2. The molecule has 1 N–H and O–H groups in total. The lowest BCUT2D eigenvalue weighted by molar-refractivity contribution is 0.531. The number of nitrogens with one attached hydrogen (secondary N) is 1. The highest BCUT2D eigenvalue weighted by Gasteiger charge is 2.14. The molecule has 3 heterocycles. The molecular weight excluding hydrogens is 412 g/mol. The molecule has 8 nitrogen and oxygen atoms in total. The fraction of sp³-hybridized carbons (Fsp3) is 0.318. The Hall–Kier alpha value is -3.38. The van der Waals surface area contributed by atoms with E-state index < -0.39 is 0 Å². The Bertz CT molecular complexity index is 1400. The van der Waals surface area contributed by atoms with E-state index in [0.29, 0.717) is 45.3 Å². The molecule has 0 atom stereocenters. The minimum Gasteiger partial charge on any atom is -0.295 e. The van der Waals surface area contributed by atoms with Gasteiger partial charge in [-0.25, -0.2) is 14.5 Å². The van der Waals surface area contributed by atoms with E-state index in [1.807, 2.05) is 24.3 Å². The van der Waals surface area contributed by atoms with Crippen LogP contribution in [0.4, 0.5) is 0 Å². The van der Waals surface area contributed by atoms with Crippen molar-refractivity contribution < 1.29 is 0 Å². The number of aromatic amines is 1. The van der Waals surface area contributed by atoms with Gasteiger partial charge in [0, 0.05) is 24.6 Å². The third-order valence-corrected chi connectivity index (χ3v) is 6.09. The normalized spacial score (nSPS) is 11.2. The predicted octanol–water partition coefficient (Wildman–Crippen LogP) is 3.48. The van der Waals surface area contributed by atoms with Crippen LogP contribution in [0.1, 0.15) is 43.9 Å². The summed E-state index contributed by atoms with van der Waals surface area (Å²) < 4.78 is 2.97. The van der Waals surface area contributed by atoms with Crippen LogP contribution in [-0.2, 0) is 12.3 Å². The Morgan fingerprint density at radius 2 is 2.00 bits per heavy atom. The Balaban J connectivity index is 1.67. The van der Waals surface area contributed by atoms with Crippen molar-refractivity contribution in [2.45, 2.75) is 50.1 Å². The summed E-state index contributed by atoms with van der Waals surface area (Å²) in [6.07, 6.45) is 5.67. The molecule has 4 rings (SSSR count). The van der Waals surface area contributed by atoms with Crippen LogP contribution >= 0.6 is 11.8 Å². The second-order valence-electron chi connectivity index (χ2n) is 7.26. The van der Waals surface area contributed by atoms with Crippen molar-refractivity contribution in [3.05, 3.63) is 68.5 Å². The van der Waals surface area contributed by atoms with E-state index in [9.17, 15) is 14.9 Å². The van der Waals surface area contributed by atoms with Crippen molar-refractivity contribution in [2.24, 2.45) is 0 Å². The molecule has 3 aromatic heterocycles. The number of para-hydroxylation sites is 1. The quantitative estimate of drug-likeness (QED) is 0.258. The first-order valence-corrected chi connectivity index (χ1v) is 11.2. The van der Waals surface area contributed by atoms with E-state index in [0.717, 1.165) is 25.7 Å². The summed E-state index contributed by atoms with van der Waals surface area (Å²) >= 11 is 1.37. The standard InChI is InChI=1S/C22H22N6O2S/c1-2-3-4-7-10-27-21(30)17-8-5-6-9-18(17)26-22(27)31-14-16-11-19(29)28-20(25-16)15(12-23)13-24-28/h5-6,8-9,11,13,24H,2-4,7,10,14H2,1H3. The van der Waals surface area contributed by atoms with Gasteiger partial charge in [0.05, 0.1) is 16.6 Å². The number of hydrogen-bond acceptors (Lipinski definition) is 6. The molecule has 0 amide bonds. The van der Waals surface area contributed by atoms with Crippen LogP contribution in [0.25, 0.3) is 16.6 Å². The maximum atomic E-state index is 13.1. The van der Waals surface area contributed by atoms with Crippen LogP contribution in [0.5, 0.6) is 0 Å². The molecule has 0 bridgehead atoms. The number of aromatic nitrogens is 5. The van der Waals surface area contributed by atoms with Gasteiger partial charge in [-0.15, -0.1) is 0 Å². The van der Waals surface area contributed by atoms with Gasteiger partial charge in [-0.3, -0.25) is 19.3 Å². The first-order chi connectivity index (χ1) is 15.1. The summed E-state index contributed by atoms with van der Waals surface area (Å²) in [6, 6.07) is 10.8. The van der Waals surface area contributed by atoms with Crippen molar-refractivity contribution in [2.75, 3.05) is 0 Å². The smallest absolute Gasteiger partial charge is 0.272 e. The Morgan fingerprint density at radius 3 is 2.81 bits per heavy atom. The highest BCUT2D eigenvalue weighted by Crippen LogP contribution is 2.22. The van der Waals surface area contributed by atoms with Gasteiger partial charge in [0.15, 0.2) is 10.8 Å². The number of thioether (sulfide) groups is 1. The fourth-order valence-corrected chi connectivity index (χ4v) is 4.39. The molecule has 9 heteroatoms. The molecule has 0 aliphatic carbocycles. The minimum atomic E-state index is -0.287. The molecule has 0 aliphatic rings. The van der Waals surface area contributed by atoms with Crippen LogP contribution in [0, 0.1) is 11.3 Å². The van der Waals surface area contributed by atoms with E-state index in [4.69, 9.17) is 4.98 Å². The molecule has 4 aromatic rings. The molecule has 0 saturated heterocycles. The number of unbranched alkanes of at least 4 members (excludes halogenated alkanes) is 3. The zero-order valence-electron chi connectivity index (χ0n) is 17.2. The topological polar surface area (TPSA) is 109 Å². The molecule has 158 valence electrons. The number of hydrogen-bond donors (Lipinski definition) is 1. The highest BCUT2D eigenvalue weighted by molar-refractivity contribution is 7.98. The maximum absolute atomic E-state index is 13.1. The first-order valence-electron chi connectivity index (χ1n) is 10.2. The van der Waals surface area contributed by atoms with Crippen molar-refractivity contribution in [3.63, 3.8) is 0 Å².